The first-order valence-electron chi connectivity index (χ1n) is 10.5. The minimum absolute atomic E-state index is 0.00851. The lowest BCUT2D eigenvalue weighted by atomic mass is 9.87. The van der Waals surface area contributed by atoms with Crippen molar-refractivity contribution in [3.63, 3.8) is 0 Å². The van der Waals surface area contributed by atoms with Gasteiger partial charge in [-0.05, 0) is 52.9 Å². The second kappa shape index (κ2) is 10.1. The number of fused-ring (bicyclic) bond motifs is 1. The van der Waals surface area contributed by atoms with Crippen LogP contribution in [0.2, 0.25) is 5.02 Å². The van der Waals surface area contributed by atoms with Crippen LogP contribution in [0.4, 0.5) is 0 Å². The molecule has 1 amide bonds. The van der Waals surface area contributed by atoms with Gasteiger partial charge in [0.05, 0.1) is 26.9 Å². The van der Waals surface area contributed by atoms with Crippen LogP contribution in [0.15, 0.2) is 66.7 Å². The third-order valence-corrected chi connectivity index (χ3v) is 5.93. The molecule has 1 heterocycles. The van der Waals surface area contributed by atoms with E-state index in [4.69, 9.17) is 25.8 Å². The molecule has 5 nitrogen and oxygen atoms in total. The Labute approximate surface area is 193 Å². The molecule has 3 aromatic rings. The van der Waals surface area contributed by atoms with E-state index in [0.717, 1.165) is 28.7 Å². The maximum absolute atomic E-state index is 13.3. The Kier molecular flexibility index (Phi) is 6.98. The highest BCUT2D eigenvalue weighted by Gasteiger charge is 2.33. The van der Waals surface area contributed by atoms with Crippen molar-refractivity contribution in [2.45, 2.75) is 19.1 Å². The molecule has 166 valence electrons. The summed E-state index contributed by atoms with van der Waals surface area (Å²) in [7, 11) is 3.24. The van der Waals surface area contributed by atoms with E-state index >= 15 is 0 Å². The number of rotatable bonds is 7. The number of ether oxygens (including phenoxy) is 3. The van der Waals surface area contributed by atoms with Gasteiger partial charge in [0.25, 0.3) is 0 Å². The van der Waals surface area contributed by atoms with Crippen LogP contribution in [0.25, 0.3) is 0 Å². The number of hydrogen-bond acceptors (Lipinski definition) is 4. The highest BCUT2D eigenvalue weighted by atomic mass is 35.5. The number of hydrogen-bond donors (Lipinski definition) is 0. The Morgan fingerprint density at radius 1 is 1.00 bits per heavy atom. The molecule has 0 aromatic heterocycles. The second-order valence-electron chi connectivity index (χ2n) is 7.68. The molecule has 0 bridgehead atoms. The predicted octanol–water partition coefficient (Wildman–Crippen LogP) is 5.05. The van der Waals surface area contributed by atoms with Crippen LogP contribution < -0.4 is 9.47 Å². The normalized spacial score (nSPS) is 15.2. The molecule has 0 unspecified atom stereocenters. The molecule has 0 saturated heterocycles. The van der Waals surface area contributed by atoms with E-state index in [2.05, 4.69) is 0 Å². The highest BCUT2D eigenvalue weighted by Crippen LogP contribution is 2.41. The van der Waals surface area contributed by atoms with Crippen molar-refractivity contribution in [3.05, 3.63) is 94.0 Å². The average Bonchev–Trinajstić information content (AvgIpc) is 2.82. The van der Waals surface area contributed by atoms with Gasteiger partial charge >= 0.3 is 0 Å². The minimum Gasteiger partial charge on any atom is -0.493 e. The molecule has 0 aliphatic carbocycles. The van der Waals surface area contributed by atoms with Crippen molar-refractivity contribution in [2.24, 2.45) is 0 Å². The first-order valence-corrected chi connectivity index (χ1v) is 10.9. The van der Waals surface area contributed by atoms with Crippen molar-refractivity contribution in [3.8, 4) is 11.5 Å². The first-order chi connectivity index (χ1) is 15.6. The van der Waals surface area contributed by atoms with Gasteiger partial charge in [-0.3, -0.25) is 4.79 Å². The van der Waals surface area contributed by atoms with Gasteiger partial charge in [-0.2, -0.15) is 0 Å². The summed E-state index contributed by atoms with van der Waals surface area (Å²) in [5.41, 5.74) is 4.11. The SMILES string of the molecule is COc1cc2c(cc1OC)[C@H](c1cccc(Cl)c1)N(C(=O)COCc1ccccc1)CC2. The number of amides is 1. The summed E-state index contributed by atoms with van der Waals surface area (Å²) < 4.78 is 16.8. The van der Waals surface area contributed by atoms with Gasteiger partial charge in [-0.1, -0.05) is 54.1 Å². The molecule has 0 saturated carbocycles. The van der Waals surface area contributed by atoms with Gasteiger partial charge in [0, 0.05) is 11.6 Å². The van der Waals surface area contributed by atoms with Crippen molar-refractivity contribution in [1.82, 2.24) is 4.90 Å². The van der Waals surface area contributed by atoms with Crippen molar-refractivity contribution in [2.75, 3.05) is 27.4 Å². The molecule has 1 atom stereocenters. The van der Waals surface area contributed by atoms with E-state index in [-0.39, 0.29) is 18.6 Å². The van der Waals surface area contributed by atoms with Crippen LogP contribution in [-0.2, 0) is 22.6 Å². The number of carbonyl (C=O) groups excluding carboxylic acids is 1. The van der Waals surface area contributed by atoms with E-state index in [1.807, 2.05) is 71.6 Å². The lowest BCUT2D eigenvalue weighted by molar-refractivity contribution is -0.138. The zero-order valence-electron chi connectivity index (χ0n) is 18.2. The standard InChI is InChI=1S/C26H26ClNO4/c1-30-23-14-19-11-12-28(25(29)17-32-16-18-7-4-3-5-8-18)26(22(19)15-24(23)31-2)20-9-6-10-21(27)13-20/h3-10,13-15,26H,11-12,16-17H2,1-2H3/t26-/m0/s1. The van der Waals surface area contributed by atoms with Gasteiger partial charge in [-0.15, -0.1) is 0 Å². The minimum atomic E-state index is -0.287. The van der Waals surface area contributed by atoms with E-state index in [1.54, 1.807) is 14.2 Å². The molecule has 6 heteroatoms. The number of halogens is 1. The number of carbonyl (C=O) groups is 1. The number of benzene rings is 3. The van der Waals surface area contributed by atoms with Crippen molar-refractivity contribution >= 4 is 17.5 Å². The second-order valence-corrected chi connectivity index (χ2v) is 8.12. The van der Waals surface area contributed by atoms with Crippen LogP contribution in [0.3, 0.4) is 0 Å². The fraction of sp³-hybridized carbons (Fsp3) is 0.269. The van der Waals surface area contributed by atoms with Gasteiger partial charge in [-0.25, -0.2) is 0 Å². The molecular formula is C26H26ClNO4. The van der Waals surface area contributed by atoms with E-state index in [0.29, 0.717) is 29.7 Å². The van der Waals surface area contributed by atoms with Gasteiger partial charge in [0.15, 0.2) is 11.5 Å². The first kappa shape index (κ1) is 22.2. The highest BCUT2D eigenvalue weighted by molar-refractivity contribution is 6.30. The lowest BCUT2D eigenvalue weighted by Crippen LogP contribution is -2.42. The van der Waals surface area contributed by atoms with Crippen LogP contribution in [0.5, 0.6) is 11.5 Å². The molecule has 0 radical (unpaired) electrons. The van der Waals surface area contributed by atoms with Crippen molar-refractivity contribution < 1.29 is 19.0 Å². The van der Waals surface area contributed by atoms with Gasteiger partial charge < -0.3 is 19.1 Å². The Hall–Kier alpha value is -3.02. The predicted molar refractivity (Wildman–Crippen MR) is 124 cm³/mol. The zero-order valence-corrected chi connectivity index (χ0v) is 19.0. The van der Waals surface area contributed by atoms with E-state index in [1.165, 1.54) is 0 Å². The third kappa shape index (κ3) is 4.74. The maximum atomic E-state index is 13.3. The van der Waals surface area contributed by atoms with Crippen molar-refractivity contribution in [1.29, 1.82) is 0 Å². The van der Waals surface area contributed by atoms with Gasteiger partial charge in [0.2, 0.25) is 5.91 Å². The summed E-state index contributed by atoms with van der Waals surface area (Å²) in [6.07, 6.45) is 0.719. The molecule has 1 aliphatic heterocycles. The van der Waals surface area contributed by atoms with Crippen LogP contribution >= 0.6 is 11.6 Å². The summed E-state index contributed by atoms with van der Waals surface area (Å²) in [5, 5.41) is 0.628. The van der Waals surface area contributed by atoms with Crippen LogP contribution in [-0.4, -0.2) is 38.2 Å². The van der Waals surface area contributed by atoms with E-state index < -0.39 is 0 Å². The molecule has 4 rings (SSSR count). The van der Waals surface area contributed by atoms with Crippen LogP contribution in [0.1, 0.15) is 28.3 Å². The Bertz CT molecular complexity index is 1090. The molecule has 0 spiro atoms. The Morgan fingerprint density at radius 3 is 2.47 bits per heavy atom. The maximum Gasteiger partial charge on any atom is 0.249 e. The monoisotopic (exact) mass is 451 g/mol. The largest absolute Gasteiger partial charge is 0.493 e. The molecule has 0 fully saturated rings. The smallest absolute Gasteiger partial charge is 0.249 e. The molecular weight excluding hydrogens is 426 g/mol. The fourth-order valence-electron chi connectivity index (χ4n) is 4.16. The number of nitrogens with zero attached hydrogens (tertiary/aromatic N) is 1. The fourth-order valence-corrected chi connectivity index (χ4v) is 4.36. The Morgan fingerprint density at radius 2 is 1.75 bits per heavy atom. The topological polar surface area (TPSA) is 48.0 Å². The quantitative estimate of drug-likeness (QED) is 0.504. The molecule has 32 heavy (non-hydrogen) atoms. The lowest BCUT2D eigenvalue weighted by Gasteiger charge is -2.38. The molecule has 3 aromatic carbocycles. The number of methoxy groups -OCH3 is 2. The summed E-state index contributed by atoms with van der Waals surface area (Å²) >= 11 is 6.30. The van der Waals surface area contributed by atoms with Gasteiger partial charge in [0.1, 0.15) is 6.61 Å². The summed E-state index contributed by atoms with van der Waals surface area (Å²) in [6, 6.07) is 21.1. The third-order valence-electron chi connectivity index (χ3n) is 5.70. The summed E-state index contributed by atoms with van der Waals surface area (Å²) in [4.78, 5) is 15.1. The summed E-state index contributed by atoms with van der Waals surface area (Å²) in [6.45, 7) is 0.978. The Balaban J connectivity index is 1.63. The van der Waals surface area contributed by atoms with E-state index in [9.17, 15) is 4.79 Å². The molecule has 0 N–H and O–H groups in total. The summed E-state index contributed by atoms with van der Waals surface area (Å²) in [5.74, 6) is 1.25. The zero-order chi connectivity index (χ0) is 22.5. The average molecular weight is 452 g/mol. The molecule has 1 aliphatic rings. The van der Waals surface area contributed by atoms with Crippen LogP contribution in [0, 0.1) is 0 Å².